The lowest BCUT2D eigenvalue weighted by molar-refractivity contribution is 0.245. The Balaban J connectivity index is 2.03. The molecule has 0 aromatic heterocycles. The average Bonchev–Trinajstić information content (AvgIpc) is 2.68. The Morgan fingerprint density at radius 2 is 2.25 bits per heavy atom. The number of hydrogen-bond acceptors (Lipinski definition) is 2. The summed E-state index contributed by atoms with van der Waals surface area (Å²) >= 11 is 7.41. The molecular weight excluding hydrogens is 244 g/mol. The fourth-order valence-corrected chi connectivity index (χ4v) is 2.26. The maximum atomic E-state index is 11.8. The van der Waals surface area contributed by atoms with Crippen LogP contribution in [-0.2, 0) is 0 Å². The summed E-state index contributed by atoms with van der Waals surface area (Å²) in [7, 11) is 0. The van der Waals surface area contributed by atoms with Gasteiger partial charge in [-0.05, 0) is 31.0 Å². The minimum atomic E-state index is -0.182. The zero-order chi connectivity index (χ0) is 11.5. The number of hydrogen-bond donors (Lipinski definition) is 1. The summed E-state index contributed by atoms with van der Waals surface area (Å²) in [5, 5.41) is 3.63. The highest BCUT2D eigenvalue weighted by molar-refractivity contribution is 7.98. The molecule has 1 N–H and O–H groups in total. The zero-order valence-corrected chi connectivity index (χ0v) is 10.3. The molecule has 0 saturated carbocycles. The number of carbonyl (C=O) groups excluding carboxylic acids is 1. The quantitative estimate of drug-likeness (QED) is 0.775. The summed E-state index contributed by atoms with van der Waals surface area (Å²) in [6.07, 6.45) is 3.73. The Morgan fingerprint density at radius 3 is 2.88 bits per heavy atom. The van der Waals surface area contributed by atoms with Crippen LogP contribution in [-0.4, -0.2) is 15.6 Å². The van der Waals surface area contributed by atoms with E-state index in [4.69, 9.17) is 11.6 Å². The highest BCUT2D eigenvalue weighted by Crippen LogP contribution is 2.27. The highest BCUT2D eigenvalue weighted by Gasteiger charge is 2.19. The van der Waals surface area contributed by atoms with Crippen LogP contribution in [0.5, 0.6) is 0 Å². The fraction of sp³-hybridized carbons (Fsp3) is 0.182. The van der Waals surface area contributed by atoms with E-state index in [1.165, 1.54) is 11.9 Å². The van der Waals surface area contributed by atoms with Gasteiger partial charge in [0.2, 0.25) is 0 Å². The van der Waals surface area contributed by atoms with Crippen LogP contribution in [0, 0.1) is 0 Å². The van der Waals surface area contributed by atoms with Gasteiger partial charge in [0.25, 0.3) is 0 Å². The van der Waals surface area contributed by atoms with Crippen LogP contribution >= 0.6 is 23.5 Å². The molecule has 1 aromatic rings. The smallest absolute Gasteiger partial charge is 0.305 e. The van der Waals surface area contributed by atoms with Gasteiger partial charge in [0, 0.05) is 11.4 Å². The normalized spacial score (nSPS) is 18.9. The second kappa shape index (κ2) is 4.80. The number of nitrogens with zero attached hydrogens (tertiary/aromatic N) is 1. The predicted molar refractivity (Wildman–Crippen MR) is 68.5 cm³/mol. The van der Waals surface area contributed by atoms with E-state index in [2.05, 4.69) is 5.32 Å². The standard InChI is InChI=1S/C11H11ClN2OS/c1-8-6-7-14(16-8)11(15)13-10-5-3-2-4-9(10)12/h2-8H,1H3,(H,13,15). The number of halogens is 1. The van der Waals surface area contributed by atoms with Gasteiger partial charge >= 0.3 is 6.03 Å². The van der Waals surface area contributed by atoms with Gasteiger partial charge < -0.3 is 5.32 Å². The summed E-state index contributed by atoms with van der Waals surface area (Å²) in [5.74, 6) is 0. The van der Waals surface area contributed by atoms with Gasteiger partial charge in [-0.2, -0.15) is 0 Å². The number of rotatable bonds is 1. The molecule has 2 amide bonds. The summed E-state index contributed by atoms with van der Waals surface area (Å²) in [6.45, 7) is 2.03. The van der Waals surface area contributed by atoms with E-state index in [1.807, 2.05) is 25.1 Å². The molecule has 0 aliphatic carbocycles. The summed E-state index contributed by atoms with van der Waals surface area (Å²) in [6, 6.07) is 6.99. The molecular formula is C11H11ClN2OS. The van der Waals surface area contributed by atoms with Crippen LogP contribution in [0.2, 0.25) is 5.02 Å². The summed E-state index contributed by atoms with van der Waals surface area (Å²) in [4.78, 5) is 11.8. The van der Waals surface area contributed by atoms with Crippen LogP contribution < -0.4 is 5.32 Å². The molecule has 3 nitrogen and oxygen atoms in total. The Hall–Kier alpha value is -1.13. The van der Waals surface area contributed by atoms with Gasteiger partial charge in [0.05, 0.1) is 10.7 Å². The third-order valence-corrected chi connectivity index (χ3v) is 3.42. The molecule has 0 saturated heterocycles. The number of anilines is 1. The van der Waals surface area contributed by atoms with Crippen molar-refractivity contribution in [2.75, 3.05) is 5.32 Å². The van der Waals surface area contributed by atoms with E-state index in [0.29, 0.717) is 16.0 Å². The molecule has 84 valence electrons. The van der Waals surface area contributed by atoms with E-state index < -0.39 is 0 Å². The van der Waals surface area contributed by atoms with E-state index in [1.54, 1.807) is 22.6 Å². The van der Waals surface area contributed by atoms with Gasteiger partial charge in [-0.3, -0.25) is 0 Å². The number of urea groups is 1. The maximum Gasteiger partial charge on any atom is 0.336 e. The van der Waals surface area contributed by atoms with E-state index in [9.17, 15) is 4.79 Å². The first-order chi connectivity index (χ1) is 7.66. The predicted octanol–water partition coefficient (Wildman–Crippen LogP) is 3.74. The Bertz CT molecular complexity index is 436. The monoisotopic (exact) mass is 254 g/mol. The minimum absolute atomic E-state index is 0.182. The average molecular weight is 255 g/mol. The lowest BCUT2D eigenvalue weighted by Gasteiger charge is -2.15. The number of amides is 2. The molecule has 5 heteroatoms. The molecule has 16 heavy (non-hydrogen) atoms. The van der Waals surface area contributed by atoms with E-state index >= 15 is 0 Å². The van der Waals surface area contributed by atoms with Crippen molar-refractivity contribution < 1.29 is 4.79 Å². The lowest BCUT2D eigenvalue weighted by atomic mass is 10.3. The molecule has 0 radical (unpaired) electrons. The molecule has 0 bridgehead atoms. The van der Waals surface area contributed by atoms with Crippen molar-refractivity contribution in [1.29, 1.82) is 0 Å². The fourth-order valence-electron chi connectivity index (χ4n) is 1.30. The topological polar surface area (TPSA) is 32.3 Å². The third kappa shape index (κ3) is 2.51. The number of benzene rings is 1. The van der Waals surface area contributed by atoms with E-state index in [-0.39, 0.29) is 6.03 Å². The summed E-state index contributed by atoms with van der Waals surface area (Å²) < 4.78 is 1.56. The van der Waals surface area contributed by atoms with E-state index in [0.717, 1.165) is 0 Å². The van der Waals surface area contributed by atoms with Crippen molar-refractivity contribution in [1.82, 2.24) is 4.31 Å². The van der Waals surface area contributed by atoms with Crippen molar-refractivity contribution in [3.63, 3.8) is 0 Å². The van der Waals surface area contributed by atoms with Crippen LogP contribution in [0.15, 0.2) is 36.5 Å². The van der Waals surface area contributed by atoms with Crippen molar-refractivity contribution in [2.24, 2.45) is 0 Å². The van der Waals surface area contributed by atoms with Gasteiger partial charge in [-0.25, -0.2) is 9.10 Å². The SMILES string of the molecule is CC1C=CN(C(=O)Nc2ccccc2Cl)S1. The van der Waals surface area contributed by atoms with Crippen molar-refractivity contribution in [3.8, 4) is 0 Å². The molecule has 1 aromatic carbocycles. The lowest BCUT2D eigenvalue weighted by Crippen LogP contribution is -2.23. The maximum absolute atomic E-state index is 11.8. The number of para-hydroxylation sites is 1. The van der Waals surface area contributed by atoms with Gasteiger partial charge in [-0.15, -0.1) is 0 Å². The number of carbonyl (C=O) groups is 1. The molecule has 1 aliphatic rings. The third-order valence-electron chi connectivity index (χ3n) is 2.09. The van der Waals surface area contributed by atoms with Crippen LogP contribution in [0.1, 0.15) is 6.92 Å². The van der Waals surface area contributed by atoms with Gasteiger partial charge in [0.1, 0.15) is 0 Å². The molecule has 0 fully saturated rings. The van der Waals surface area contributed by atoms with Crippen LogP contribution in [0.25, 0.3) is 0 Å². The minimum Gasteiger partial charge on any atom is -0.305 e. The Morgan fingerprint density at radius 1 is 1.50 bits per heavy atom. The Kier molecular flexibility index (Phi) is 3.41. The van der Waals surface area contributed by atoms with Crippen molar-refractivity contribution in [3.05, 3.63) is 41.6 Å². The highest BCUT2D eigenvalue weighted by atomic mass is 35.5. The van der Waals surface area contributed by atoms with Gasteiger partial charge in [-0.1, -0.05) is 29.8 Å². The first-order valence-electron chi connectivity index (χ1n) is 4.86. The number of nitrogens with one attached hydrogen (secondary N) is 1. The van der Waals surface area contributed by atoms with Crippen LogP contribution in [0.4, 0.5) is 10.5 Å². The first kappa shape index (κ1) is 11.4. The largest absolute Gasteiger partial charge is 0.336 e. The second-order valence-electron chi connectivity index (χ2n) is 3.39. The molecule has 1 aliphatic heterocycles. The zero-order valence-electron chi connectivity index (χ0n) is 8.68. The molecule has 1 unspecified atom stereocenters. The molecule has 0 spiro atoms. The molecule has 2 rings (SSSR count). The van der Waals surface area contributed by atoms with Crippen LogP contribution in [0.3, 0.4) is 0 Å². The second-order valence-corrected chi connectivity index (χ2v) is 5.14. The Labute approximate surface area is 104 Å². The summed E-state index contributed by atoms with van der Waals surface area (Å²) in [5.41, 5.74) is 0.628. The van der Waals surface area contributed by atoms with Crippen molar-refractivity contribution in [2.45, 2.75) is 12.2 Å². The van der Waals surface area contributed by atoms with Gasteiger partial charge in [0.15, 0.2) is 0 Å². The van der Waals surface area contributed by atoms with Crippen molar-refractivity contribution >= 4 is 35.3 Å². The molecule has 1 atom stereocenters. The molecule has 1 heterocycles. The first-order valence-corrected chi connectivity index (χ1v) is 6.08.